The molecule has 0 bridgehead atoms. The molecule has 3 N–H and O–H groups in total. The van der Waals surface area contributed by atoms with Gasteiger partial charge in [0.25, 0.3) is 5.69 Å². The molecule has 2 rings (SSSR count). The summed E-state index contributed by atoms with van der Waals surface area (Å²) in [5.41, 5.74) is 2.72. The maximum Gasteiger partial charge on any atom is 0.270 e. The second-order valence-electron chi connectivity index (χ2n) is 5.04. The topological polar surface area (TPSA) is 129 Å². The van der Waals surface area contributed by atoms with E-state index in [2.05, 4.69) is 39.6 Å². The zero-order valence-corrected chi connectivity index (χ0v) is 13.4. The Morgan fingerprint density at radius 3 is 3.04 bits per heavy atom. The monoisotopic (exact) mass is 336 g/mol. The molecule has 122 valence electrons. The minimum atomic E-state index is -0.543. The number of nitrogens with zero attached hydrogens (tertiary/aromatic N) is 4. The number of phenols is 1. The van der Waals surface area contributed by atoms with Gasteiger partial charge in [0.15, 0.2) is 0 Å². The number of hydrogen-bond donors (Lipinski definition) is 3. The smallest absolute Gasteiger partial charge is 0.270 e. The van der Waals surface area contributed by atoms with Crippen LogP contribution in [-0.4, -0.2) is 37.2 Å². The van der Waals surface area contributed by atoms with Gasteiger partial charge in [0.05, 0.1) is 11.1 Å². The summed E-state index contributed by atoms with van der Waals surface area (Å²) in [5.74, 6) is 1.68. The third-order valence-electron chi connectivity index (χ3n) is 2.61. The highest BCUT2D eigenvalue weighted by molar-refractivity contribution is 7.99. The Bertz CT molecular complexity index is 715. The summed E-state index contributed by atoms with van der Waals surface area (Å²) in [6.07, 6.45) is 1.27. The second kappa shape index (κ2) is 7.58. The summed E-state index contributed by atoms with van der Waals surface area (Å²) in [6.45, 7) is 4.21. The Morgan fingerprint density at radius 2 is 2.35 bits per heavy atom. The molecule has 0 aliphatic heterocycles. The predicted octanol–water partition coefficient (Wildman–Crippen LogP) is 2.61. The van der Waals surface area contributed by atoms with E-state index in [4.69, 9.17) is 0 Å². The van der Waals surface area contributed by atoms with Crippen molar-refractivity contribution < 1.29 is 10.0 Å². The molecule has 0 saturated heterocycles. The van der Waals surface area contributed by atoms with Crippen molar-refractivity contribution in [3.05, 3.63) is 33.9 Å². The summed E-state index contributed by atoms with van der Waals surface area (Å²) in [5, 5.41) is 31.6. The molecular weight excluding hydrogens is 320 g/mol. The summed E-state index contributed by atoms with van der Waals surface area (Å²) >= 11 is 1.53. The first-order valence-electron chi connectivity index (χ1n) is 6.77. The molecule has 23 heavy (non-hydrogen) atoms. The van der Waals surface area contributed by atoms with Gasteiger partial charge in [0.2, 0.25) is 11.1 Å². The van der Waals surface area contributed by atoms with Crippen LogP contribution in [0.15, 0.2) is 28.5 Å². The number of H-pyrrole nitrogens is 1. The van der Waals surface area contributed by atoms with Gasteiger partial charge in [-0.1, -0.05) is 25.6 Å². The largest absolute Gasteiger partial charge is 0.507 e. The van der Waals surface area contributed by atoms with Gasteiger partial charge in [-0.05, 0) is 12.0 Å². The number of benzene rings is 1. The van der Waals surface area contributed by atoms with Crippen LogP contribution in [0.2, 0.25) is 0 Å². The molecule has 9 nitrogen and oxygen atoms in total. The number of hydrogen-bond acceptors (Lipinski definition) is 8. The Kier molecular flexibility index (Phi) is 5.52. The number of hydrazone groups is 1. The van der Waals surface area contributed by atoms with Crippen molar-refractivity contribution in [2.45, 2.75) is 19.0 Å². The highest BCUT2D eigenvalue weighted by Gasteiger charge is 2.09. The molecule has 1 aromatic carbocycles. The van der Waals surface area contributed by atoms with Crippen molar-refractivity contribution in [2.24, 2.45) is 11.0 Å². The van der Waals surface area contributed by atoms with Crippen LogP contribution in [-0.2, 0) is 0 Å². The number of anilines is 1. The molecule has 1 aromatic heterocycles. The first kappa shape index (κ1) is 16.7. The fourth-order valence-electron chi connectivity index (χ4n) is 1.52. The molecular formula is C13H16N6O3S. The van der Waals surface area contributed by atoms with Gasteiger partial charge in [0.1, 0.15) is 5.75 Å². The van der Waals surface area contributed by atoms with E-state index in [-0.39, 0.29) is 17.0 Å². The number of aromatic hydroxyl groups is 1. The molecule has 0 fully saturated rings. The number of rotatable bonds is 7. The lowest BCUT2D eigenvalue weighted by atomic mass is 10.2. The normalized spacial score (nSPS) is 11.3. The standard InChI is InChI=1S/C13H16N6O3S/c1-8(2)7-23-13-15-12(17-18-13)16-14-6-9-5-10(19(21)22)3-4-11(9)20/h3-6,8,20H,7H2,1-2H3,(H2,15,16,17,18)/b14-6+. The first-order chi connectivity index (χ1) is 11.0. The van der Waals surface area contributed by atoms with Crippen molar-refractivity contribution in [3.8, 4) is 5.75 Å². The molecule has 0 atom stereocenters. The highest BCUT2D eigenvalue weighted by atomic mass is 32.2. The summed E-state index contributed by atoms with van der Waals surface area (Å²) in [4.78, 5) is 14.3. The molecule has 1 heterocycles. The number of non-ortho nitro benzene ring substituents is 1. The van der Waals surface area contributed by atoms with Crippen LogP contribution < -0.4 is 5.43 Å². The minimum absolute atomic E-state index is 0.105. The quantitative estimate of drug-likeness (QED) is 0.307. The Labute approximate surface area is 136 Å². The lowest BCUT2D eigenvalue weighted by Gasteiger charge is -1.99. The maximum absolute atomic E-state index is 10.7. The SMILES string of the molecule is CC(C)CSc1n[nH]c(N/N=C/c2cc([N+](=O)[O-])ccc2O)n1. The number of phenolic OH excluding ortho intramolecular Hbond substituents is 1. The van der Waals surface area contributed by atoms with Crippen LogP contribution in [0.4, 0.5) is 11.6 Å². The molecule has 0 radical (unpaired) electrons. The Balaban J connectivity index is 1.99. The number of aromatic nitrogens is 3. The summed E-state index contributed by atoms with van der Waals surface area (Å²) < 4.78 is 0. The highest BCUT2D eigenvalue weighted by Crippen LogP contribution is 2.21. The van der Waals surface area contributed by atoms with Crippen LogP contribution in [0, 0.1) is 16.0 Å². The van der Waals surface area contributed by atoms with Crippen LogP contribution in [0.25, 0.3) is 0 Å². The van der Waals surface area contributed by atoms with Crippen molar-refractivity contribution >= 4 is 29.6 Å². The maximum atomic E-state index is 10.7. The van der Waals surface area contributed by atoms with E-state index in [9.17, 15) is 15.2 Å². The predicted molar refractivity (Wildman–Crippen MR) is 87.9 cm³/mol. The minimum Gasteiger partial charge on any atom is -0.507 e. The van der Waals surface area contributed by atoms with Gasteiger partial charge in [-0.3, -0.25) is 10.1 Å². The third-order valence-corrected chi connectivity index (χ3v) is 3.88. The Morgan fingerprint density at radius 1 is 1.57 bits per heavy atom. The third kappa shape index (κ3) is 4.95. The van der Waals surface area contributed by atoms with Crippen molar-refractivity contribution in [1.29, 1.82) is 0 Å². The lowest BCUT2D eigenvalue weighted by molar-refractivity contribution is -0.384. The molecule has 0 aliphatic rings. The van der Waals surface area contributed by atoms with Gasteiger partial charge in [-0.25, -0.2) is 10.5 Å². The van der Waals surface area contributed by atoms with Crippen LogP contribution in [0.1, 0.15) is 19.4 Å². The number of nitrogens with one attached hydrogen (secondary N) is 2. The van der Waals surface area contributed by atoms with Crippen molar-refractivity contribution in [1.82, 2.24) is 15.2 Å². The molecule has 0 saturated carbocycles. The molecule has 0 amide bonds. The van der Waals surface area contributed by atoms with E-state index < -0.39 is 4.92 Å². The van der Waals surface area contributed by atoms with Gasteiger partial charge in [0, 0.05) is 23.4 Å². The summed E-state index contributed by atoms with van der Waals surface area (Å²) in [6, 6.07) is 3.69. The number of nitro benzene ring substituents is 1. The fourth-order valence-corrected chi connectivity index (χ4v) is 2.27. The molecule has 0 aliphatic carbocycles. The number of aromatic amines is 1. The number of thioether (sulfide) groups is 1. The molecule has 2 aromatic rings. The lowest BCUT2D eigenvalue weighted by Crippen LogP contribution is -1.94. The average molecular weight is 336 g/mol. The van der Waals surface area contributed by atoms with Gasteiger partial charge in [-0.2, -0.15) is 10.1 Å². The number of nitro groups is 1. The second-order valence-corrected chi connectivity index (χ2v) is 6.03. The zero-order chi connectivity index (χ0) is 16.8. The van der Waals surface area contributed by atoms with E-state index in [1.807, 2.05) is 0 Å². The Hall–Kier alpha value is -2.62. The van der Waals surface area contributed by atoms with Crippen LogP contribution in [0.5, 0.6) is 5.75 Å². The molecule has 0 spiro atoms. The van der Waals surface area contributed by atoms with Crippen LogP contribution >= 0.6 is 11.8 Å². The van der Waals surface area contributed by atoms with E-state index in [0.29, 0.717) is 17.0 Å². The van der Waals surface area contributed by atoms with Crippen LogP contribution in [0.3, 0.4) is 0 Å². The fraction of sp³-hybridized carbons (Fsp3) is 0.308. The zero-order valence-electron chi connectivity index (χ0n) is 12.6. The van der Waals surface area contributed by atoms with Crippen molar-refractivity contribution in [2.75, 3.05) is 11.2 Å². The molecule has 0 unspecified atom stereocenters. The first-order valence-corrected chi connectivity index (χ1v) is 7.76. The van der Waals surface area contributed by atoms with Gasteiger partial charge < -0.3 is 5.11 Å². The van der Waals surface area contributed by atoms with Crippen molar-refractivity contribution in [3.63, 3.8) is 0 Å². The van der Waals surface area contributed by atoms with Gasteiger partial charge >= 0.3 is 0 Å². The molecule has 10 heteroatoms. The summed E-state index contributed by atoms with van der Waals surface area (Å²) in [7, 11) is 0. The van der Waals surface area contributed by atoms with E-state index >= 15 is 0 Å². The average Bonchev–Trinajstić information content (AvgIpc) is 2.94. The van der Waals surface area contributed by atoms with Gasteiger partial charge in [-0.15, -0.1) is 5.10 Å². The van der Waals surface area contributed by atoms with E-state index in [1.165, 1.54) is 36.2 Å². The van der Waals surface area contributed by atoms with E-state index in [1.54, 1.807) is 0 Å². The van der Waals surface area contributed by atoms with E-state index in [0.717, 1.165) is 5.75 Å².